The number of urea groups is 1. The van der Waals surface area contributed by atoms with Gasteiger partial charge >= 0.3 is 6.03 Å². The van der Waals surface area contributed by atoms with Crippen LogP contribution in [0.4, 0.5) is 10.5 Å². The van der Waals surface area contributed by atoms with Crippen molar-refractivity contribution in [3.63, 3.8) is 0 Å². The van der Waals surface area contributed by atoms with Crippen LogP contribution < -0.4 is 5.32 Å². The van der Waals surface area contributed by atoms with Crippen LogP contribution in [0.2, 0.25) is 0 Å². The van der Waals surface area contributed by atoms with E-state index in [2.05, 4.69) is 5.32 Å². The normalized spacial score (nSPS) is 16.9. The first-order valence-corrected chi connectivity index (χ1v) is 5.74. The Hall–Kier alpha value is -1.59. The van der Waals surface area contributed by atoms with Gasteiger partial charge in [-0.1, -0.05) is 18.2 Å². The van der Waals surface area contributed by atoms with Crippen LogP contribution in [0.1, 0.15) is 0 Å². The Bertz CT molecular complexity index is 361. The Kier molecular flexibility index (Phi) is 3.95. The summed E-state index contributed by atoms with van der Waals surface area (Å²) in [5.41, 5.74) is 0.807. The lowest BCUT2D eigenvalue weighted by molar-refractivity contribution is 0.0665. The van der Waals surface area contributed by atoms with E-state index in [1.807, 2.05) is 35.2 Å². The number of amides is 2. The van der Waals surface area contributed by atoms with Gasteiger partial charge in [0.05, 0.1) is 6.73 Å². The number of carbonyl (C=O) groups excluding carboxylic acids is 1. The fourth-order valence-corrected chi connectivity index (χ4v) is 1.82. The topological polar surface area (TPSA) is 55.8 Å². The summed E-state index contributed by atoms with van der Waals surface area (Å²) in [5.74, 6) is 0. The van der Waals surface area contributed by atoms with Crippen molar-refractivity contribution in [2.75, 3.05) is 38.2 Å². The smallest absolute Gasteiger partial charge is 0.321 e. The van der Waals surface area contributed by atoms with E-state index < -0.39 is 0 Å². The van der Waals surface area contributed by atoms with E-state index in [0.717, 1.165) is 18.8 Å². The van der Waals surface area contributed by atoms with Gasteiger partial charge in [0, 0.05) is 31.9 Å². The van der Waals surface area contributed by atoms with E-state index in [1.54, 1.807) is 4.90 Å². The van der Waals surface area contributed by atoms with Crippen LogP contribution >= 0.6 is 0 Å². The number of aliphatic hydroxyl groups excluding tert-OH is 1. The number of rotatable bonds is 2. The number of aliphatic hydroxyl groups is 1. The molecule has 2 N–H and O–H groups in total. The zero-order valence-electron chi connectivity index (χ0n) is 9.67. The van der Waals surface area contributed by atoms with E-state index in [-0.39, 0.29) is 12.8 Å². The molecule has 1 aliphatic heterocycles. The number of benzene rings is 1. The molecule has 1 saturated heterocycles. The molecule has 1 fully saturated rings. The molecule has 5 heteroatoms. The molecule has 0 aromatic heterocycles. The molecule has 1 heterocycles. The Morgan fingerprint density at radius 2 is 1.82 bits per heavy atom. The summed E-state index contributed by atoms with van der Waals surface area (Å²) in [6.07, 6.45) is 0. The molecule has 0 radical (unpaired) electrons. The van der Waals surface area contributed by atoms with E-state index in [0.29, 0.717) is 13.1 Å². The zero-order valence-corrected chi connectivity index (χ0v) is 9.67. The quantitative estimate of drug-likeness (QED) is 0.796. The van der Waals surface area contributed by atoms with Crippen LogP contribution in [-0.2, 0) is 0 Å². The largest absolute Gasteiger partial charge is 0.381 e. The number of para-hydroxylation sites is 1. The highest BCUT2D eigenvalue weighted by Crippen LogP contribution is 2.08. The number of hydrogen-bond donors (Lipinski definition) is 2. The van der Waals surface area contributed by atoms with Crippen molar-refractivity contribution in [2.45, 2.75) is 0 Å². The Labute approximate surface area is 101 Å². The number of piperazine rings is 1. The van der Waals surface area contributed by atoms with Gasteiger partial charge in [-0.15, -0.1) is 0 Å². The molecule has 1 aromatic carbocycles. The Balaban J connectivity index is 1.85. The van der Waals surface area contributed by atoms with Crippen molar-refractivity contribution >= 4 is 11.7 Å². The maximum absolute atomic E-state index is 11.9. The first-order valence-electron chi connectivity index (χ1n) is 5.74. The summed E-state index contributed by atoms with van der Waals surface area (Å²) < 4.78 is 0. The van der Waals surface area contributed by atoms with Crippen LogP contribution in [0.5, 0.6) is 0 Å². The van der Waals surface area contributed by atoms with Crippen molar-refractivity contribution < 1.29 is 9.90 Å². The van der Waals surface area contributed by atoms with Crippen LogP contribution in [0.3, 0.4) is 0 Å². The van der Waals surface area contributed by atoms with Gasteiger partial charge in [-0.3, -0.25) is 4.90 Å². The van der Waals surface area contributed by atoms with Crippen molar-refractivity contribution in [1.82, 2.24) is 9.80 Å². The third-order valence-corrected chi connectivity index (χ3v) is 2.88. The first-order chi connectivity index (χ1) is 8.29. The zero-order chi connectivity index (χ0) is 12.1. The third kappa shape index (κ3) is 3.18. The molecule has 92 valence electrons. The number of carbonyl (C=O) groups is 1. The predicted molar refractivity (Wildman–Crippen MR) is 65.7 cm³/mol. The van der Waals surface area contributed by atoms with Crippen LogP contribution in [0.25, 0.3) is 0 Å². The molecule has 0 unspecified atom stereocenters. The first kappa shape index (κ1) is 11.9. The second-order valence-electron chi connectivity index (χ2n) is 4.04. The Morgan fingerprint density at radius 1 is 1.18 bits per heavy atom. The van der Waals surface area contributed by atoms with Gasteiger partial charge in [-0.2, -0.15) is 0 Å². The van der Waals surface area contributed by atoms with E-state index in [4.69, 9.17) is 5.11 Å². The lowest BCUT2D eigenvalue weighted by Gasteiger charge is -2.33. The SMILES string of the molecule is O=C(Nc1ccccc1)N1CCN(CO)CC1. The molecule has 1 aromatic rings. The minimum Gasteiger partial charge on any atom is -0.381 e. The second-order valence-corrected chi connectivity index (χ2v) is 4.04. The average molecular weight is 235 g/mol. The molecule has 2 amide bonds. The molecule has 0 atom stereocenters. The summed E-state index contributed by atoms with van der Waals surface area (Å²) in [4.78, 5) is 15.6. The van der Waals surface area contributed by atoms with Gasteiger partial charge in [0.1, 0.15) is 0 Å². The second kappa shape index (κ2) is 5.65. The van der Waals surface area contributed by atoms with E-state index in [9.17, 15) is 4.79 Å². The monoisotopic (exact) mass is 235 g/mol. The summed E-state index contributed by atoms with van der Waals surface area (Å²) in [5, 5.41) is 11.8. The standard InChI is InChI=1S/C12H17N3O2/c16-10-14-6-8-15(9-7-14)12(17)13-11-4-2-1-3-5-11/h1-5,16H,6-10H2,(H,13,17). The van der Waals surface area contributed by atoms with Gasteiger partial charge in [0.25, 0.3) is 0 Å². The van der Waals surface area contributed by atoms with Crippen molar-refractivity contribution in [1.29, 1.82) is 0 Å². The molecule has 1 aliphatic rings. The number of nitrogens with one attached hydrogen (secondary N) is 1. The molecule has 0 saturated carbocycles. The predicted octanol–water partition coefficient (Wildman–Crippen LogP) is 0.786. The van der Waals surface area contributed by atoms with Crippen molar-refractivity contribution in [3.8, 4) is 0 Å². The van der Waals surface area contributed by atoms with Crippen molar-refractivity contribution in [3.05, 3.63) is 30.3 Å². The summed E-state index contributed by atoms with van der Waals surface area (Å²) >= 11 is 0. The summed E-state index contributed by atoms with van der Waals surface area (Å²) in [7, 11) is 0. The van der Waals surface area contributed by atoms with E-state index >= 15 is 0 Å². The molecule has 0 bridgehead atoms. The molecule has 2 rings (SSSR count). The van der Waals surface area contributed by atoms with E-state index in [1.165, 1.54) is 0 Å². The molecule has 0 aliphatic carbocycles. The lowest BCUT2D eigenvalue weighted by atomic mass is 10.3. The highest BCUT2D eigenvalue weighted by Gasteiger charge is 2.20. The van der Waals surface area contributed by atoms with Gasteiger partial charge in [-0.25, -0.2) is 4.79 Å². The number of nitrogens with zero attached hydrogens (tertiary/aromatic N) is 2. The van der Waals surface area contributed by atoms with Crippen molar-refractivity contribution in [2.24, 2.45) is 0 Å². The molecule has 5 nitrogen and oxygen atoms in total. The lowest BCUT2D eigenvalue weighted by Crippen LogP contribution is -2.50. The average Bonchev–Trinajstić information content (AvgIpc) is 2.40. The number of hydrogen-bond acceptors (Lipinski definition) is 3. The fraction of sp³-hybridized carbons (Fsp3) is 0.417. The third-order valence-electron chi connectivity index (χ3n) is 2.88. The van der Waals surface area contributed by atoms with Gasteiger partial charge in [0.15, 0.2) is 0 Å². The fourth-order valence-electron chi connectivity index (χ4n) is 1.82. The van der Waals surface area contributed by atoms with Gasteiger partial charge in [-0.05, 0) is 12.1 Å². The minimum absolute atomic E-state index is 0.0636. The number of anilines is 1. The Morgan fingerprint density at radius 3 is 2.41 bits per heavy atom. The van der Waals surface area contributed by atoms with Gasteiger partial charge < -0.3 is 15.3 Å². The highest BCUT2D eigenvalue weighted by molar-refractivity contribution is 5.89. The molecular formula is C12H17N3O2. The summed E-state index contributed by atoms with van der Waals surface area (Å²) in [6, 6.07) is 9.34. The minimum atomic E-state index is -0.0752. The maximum atomic E-state index is 11.9. The molecular weight excluding hydrogens is 218 g/mol. The van der Waals surface area contributed by atoms with Crippen LogP contribution in [0, 0.1) is 0 Å². The maximum Gasteiger partial charge on any atom is 0.321 e. The molecule has 0 spiro atoms. The highest BCUT2D eigenvalue weighted by atomic mass is 16.3. The van der Waals surface area contributed by atoms with Crippen LogP contribution in [0.15, 0.2) is 30.3 Å². The van der Waals surface area contributed by atoms with Crippen LogP contribution in [-0.4, -0.2) is 53.8 Å². The summed E-state index contributed by atoms with van der Waals surface area (Å²) in [6.45, 7) is 2.81. The molecule has 17 heavy (non-hydrogen) atoms. The van der Waals surface area contributed by atoms with Gasteiger partial charge in [0.2, 0.25) is 0 Å².